The van der Waals surface area contributed by atoms with E-state index in [0.717, 1.165) is 38.5 Å². The van der Waals surface area contributed by atoms with E-state index in [1.165, 1.54) is 12.8 Å². The molecule has 1 atom stereocenters. The highest BCUT2D eigenvalue weighted by Gasteiger charge is 2.50. The Morgan fingerprint density at radius 3 is 2.52 bits per heavy atom. The van der Waals surface area contributed by atoms with Gasteiger partial charge in [-0.15, -0.1) is 0 Å². The summed E-state index contributed by atoms with van der Waals surface area (Å²) in [4.78, 5) is 14.3. The highest BCUT2D eigenvalue weighted by atomic mass is 16.5. The van der Waals surface area contributed by atoms with Gasteiger partial charge in [0.25, 0.3) is 0 Å². The Hall–Kier alpha value is -0.650. The number of carbonyl (C=O) groups is 1. The van der Waals surface area contributed by atoms with Crippen molar-refractivity contribution < 1.29 is 9.53 Å². The molecule has 0 aromatic carbocycles. The third-order valence-electron chi connectivity index (χ3n) is 4.45. The standard InChI is InChI=1S/C16H31N3O2/c1-12(2)18-16(15(17)20,14-6-7-14)11-19(3)8-9-21-10-13-4-5-13/h12-14,18H,4-11H2,1-3H3,(H2,17,20). The number of rotatable bonds is 11. The van der Waals surface area contributed by atoms with Gasteiger partial charge < -0.3 is 15.4 Å². The molecule has 0 aromatic rings. The zero-order chi connectivity index (χ0) is 15.5. The van der Waals surface area contributed by atoms with Crippen LogP contribution in [-0.4, -0.2) is 55.7 Å². The molecule has 3 N–H and O–H groups in total. The second-order valence-corrected chi connectivity index (χ2v) is 7.16. The van der Waals surface area contributed by atoms with Gasteiger partial charge in [-0.2, -0.15) is 0 Å². The van der Waals surface area contributed by atoms with Crippen LogP contribution in [0.3, 0.4) is 0 Å². The van der Waals surface area contributed by atoms with Gasteiger partial charge in [0.1, 0.15) is 5.54 Å². The fourth-order valence-electron chi connectivity index (χ4n) is 2.99. The molecule has 0 bridgehead atoms. The lowest BCUT2D eigenvalue weighted by Gasteiger charge is -2.37. The normalized spacial score (nSPS) is 21.8. The number of hydrogen-bond donors (Lipinski definition) is 2. The number of carbonyl (C=O) groups excluding carboxylic acids is 1. The molecule has 1 amide bonds. The van der Waals surface area contributed by atoms with E-state index in [1.54, 1.807) is 0 Å². The minimum Gasteiger partial charge on any atom is -0.380 e. The predicted octanol–water partition coefficient (Wildman–Crippen LogP) is 0.977. The molecule has 0 radical (unpaired) electrons. The van der Waals surface area contributed by atoms with E-state index in [4.69, 9.17) is 10.5 Å². The first-order chi connectivity index (χ1) is 9.94. The topological polar surface area (TPSA) is 67.6 Å². The number of nitrogens with one attached hydrogen (secondary N) is 1. The first kappa shape index (κ1) is 16.7. The van der Waals surface area contributed by atoms with Crippen LogP contribution in [-0.2, 0) is 9.53 Å². The maximum atomic E-state index is 12.1. The van der Waals surface area contributed by atoms with Gasteiger partial charge in [0.2, 0.25) is 5.91 Å². The van der Waals surface area contributed by atoms with Crippen molar-refractivity contribution in [1.29, 1.82) is 0 Å². The quantitative estimate of drug-likeness (QED) is 0.558. The Kier molecular flexibility index (Phi) is 5.63. The minimum atomic E-state index is -0.584. The lowest BCUT2D eigenvalue weighted by Crippen LogP contribution is -2.64. The van der Waals surface area contributed by atoms with Gasteiger partial charge in [-0.1, -0.05) is 0 Å². The molecule has 21 heavy (non-hydrogen) atoms. The summed E-state index contributed by atoms with van der Waals surface area (Å²) in [5, 5.41) is 3.45. The number of primary amides is 1. The summed E-state index contributed by atoms with van der Waals surface area (Å²) in [5.74, 6) is 0.964. The van der Waals surface area contributed by atoms with Crippen LogP contribution in [0.5, 0.6) is 0 Å². The van der Waals surface area contributed by atoms with Crippen LogP contribution in [0, 0.1) is 11.8 Å². The molecule has 1 unspecified atom stereocenters. The Labute approximate surface area is 128 Å². The van der Waals surface area contributed by atoms with E-state index in [1.807, 2.05) is 7.05 Å². The van der Waals surface area contributed by atoms with E-state index in [9.17, 15) is 4.79 Å². The van der Waals surface area contributed by atoms with Crippen molar-refractivity contribution in [2.45, 2.75) is 51.1 Å². The average molecular weight is 297 g/mol. The van der Waals surface area contributed by atoms with Crippen molar-refractivity contribution in [2.24, 2.45) is 17.6 Å². The van der Waals surface area contributed by atoms with Crippen molar-refractivity contribution in [2.75, 3.05) is 33.4 Å². The minimum absolute atomic E-state index is 0.218. The monoisotopic (exact) mass is 297 g/mol. The third kappa shape index (κ3) is 4.94. The van der Waals surface area contributed by atoms with Crippen molar-refractivity contribution >= 4 is 5.91 Å². The van der Waals surface area contributed by atoms with Crippen molar-refractivity contribution in [3.8, 4) is 0 Å². The van der Waals surface area contributed by atoms with E-state index in [0.29, 0.717) is 12.5 Å². The SMILES string of the molecule is CC(C)NC(CN(C)CCOCC1CC1)(C(N)=O)C1CC1. The highest BCUT2D eigenvalue weighted by molar-refractivity contribution is 5.86. The van der Waals surface area contributed by atoms with Gasteiger partial charge in [0.15, 0.2) is 0 Å². The Balaban J connectivity index is 1.82. The van der Waals surface area contributed by atoms with Gasteiger partial charge in [0, 0.05) is 25.7 Å². The Bertz CT molecular complexity index is 353. The van der Waals surface area contributed by atoms with Crippen LogP contribution < -0.4 is 11.1 Å². The summed E-state index contributed by atoms with van der Waals surface area (Å²) in [6, 6.07) is 0.248. The third-order valence-corrected chi connectivity index (χ3v) is 4.45. The van der Waals surface area contributed by atoms with Crippen LogP contribution >= 0.6 is 0 Å². The molecule has 0 aromatic heterocycles. The highest BCUT2D eigenvalue weighted by Crippen LogP contribution is 2.40. The number of hydrogen-bond acceptors (Lipinski definition) is 4. The molecule has 0 heterocycles. The summed E-state index contributed by atoms with van der Waals surface area (Å²) < 4.78 is 5.68. The van der Waals surface area contributed by atoms with E-state index < -0.39 is 5.54 Å². The fraction of sp³-hybridized carbons (Fsp3) is 0.938. The molecule has 122 valence electrons. The Morgan fingerprint density at radius 1 is 1.38 bits per heavy atom. The molecule has 0 spiro atoms. The summed E-state index contributed by atoms with van der Waals surface area (Å²) >= 11 is 0. The first-order valence-corrected chi connectivity index (χ1v) is 8.28. The van der Waals surface area contributed by atoms with E-state index in [2.05, 4.69) is 24.1 Å². The molecular weight excluding hydrogens is 266 g/mol. The number of likely N-dealkylation sites (N-methyl/N-ethyl adjacent to an activating group) is 1. The molecule has 0 saturated heterocycles. The van der Waals surface area contributed by atoms with Gasteiger partial charge in [0.05, 0.1) is 6.61 Å². The average Bonchev–Trinajstić information content (AvgIpc) is 3.26. The second kappa shape index (κ2) is 7.07. The van der Waals surface area contributed by atoms with Gasteiger partial charge in [-0.05, 0) is 58.4 Å². The summed E-state index contributed by atoms with van der Waals surface area (Å²) in [6.07, 6.45) is 4.82. The molecule has 2 fully saturated rings. The zero-order valence-corrected chi connectivity index (χ0v) is 13.7. The molecule has 5 heteroatoms. The molecule has 2 aliphatic rings. The van der Waals surface area contributed by atoms with Crippen molar-refractivity contribution in [1.82, 2.24) is 10.2 Å². The van der Waals surface area contributed by atoms with E-state index in [-0.39, 0.29) is 11.9 Å². The number of ether oxygens (including phenoxy) is 1. The zero-order valence-electron chi connectivity index (χ0n) is 13.7. The number of nitrogens with zero attached hydrogens (tertiary/aromatic N) is 1. The smallest absolute Gasteiger partial charge is 0.239 e. The lowest BCUT2D eigenvalue weighted by atomic mass is 9.90. The van der Waals surface area contributed by atoms with Gasteiger partial charge in [-0.25, -0.2) is 0 Å². The summed E-state index contributed by atoms with van der Waals surface area (Å²) in [6.45, 7) is 7.26. The summed E-state index contributed by atoms with van der Waals surface area (Å²) in [5.41, 5.74) is 5.17. The lowest BCUT2D eigenvalue weighted by molar-refractivity contribution is -0.126. The summed E-state index contributed by atoms with van der Waals surface area (Å²) in [7, 11) is 2.04. The van der Waals surface area contributed by atoms with Crippen molar-refractivity contribution in [3.63, 3.8) is 0 Å². The van der Waals surface area contributed by atoms with Crippen molar-refractivity contribution in [3.05, 3.63) is 0 Å². The van der Waals surface area contributed by atoms with Crippen LogP contribution in [0.25, 0.3) is 0 Å². The van der Waals surface area contributed by atoms with E-state index >= 15 is 0 Å². The fourth-order valence-corrected chi connectivity index (χ4v) is 2.99. The predicted molar refractivity (Wildman–Crippen MR) is 84.0 cm³/mol. The largest absolute Gasteiger partial charge is 0.380 e. The van der Waals surface area contributed by atoms with Crippen LogP contribution in [0.1, 0.15) is 39.5 Å². The maximum Gasteiger partial charge on any atom is 0.239 e. The van der Waals surface area contributed by atoms with Gasteiger partial charge >= 0.3 is 0 Å². The molecule has 2 aliphatic carbocycles. The molecule has 0 aliphatic heterocycles. The molecule has 5 nitrogen and oxygen atoms in total. The first-order valence-electron chi connectivity index (χ1n) is 8.28. The molecular formula is C16H31N3O2. The van der Waals surface area contributed by atoms with Gasteiger partial charge in [-0.3, -0.25) is 10.1 Å². The molecule has 2 rings (SSSR count). The van der Waals surface area contributed by atoms with Crippen LogP contribution in [0.15, 0.2) is 0 Å². The number of amides is 1. The van der Waals surface area contributed by atoms with Crippen LogP contribution in [0.2, 0.25) is 0 Å². The Morgan fingerprint density at radius 2 is 2.05 bits per heavy atom. The number of nitrogens with two attached hydrogens (primary N) is 1. The second-order valence-electron chi connectivity index (χ2n) is 7.16. The van der Waals surface area contributed by atoms with Crippen LogP contribution in [0.4, 0.5) is 0 Å². The maximum absolute atomic E-state index is 12.1. The molecule has 2 saturated carbocycles.